The van der Waals surface area contributed by atoms with Crippen molar-refractivity contribution in [3.05, 3.63) is 45.1 Å². The fraction of sp³-hybridized carbons (Fsp3) is 0.125. The van der Waals surface area contributed by atoms with Crippen LogP contribution in [0, 0.1) is 6.92 Å². The lowest BCUT2D eigenvalue weighted by atomic mass is 10.1. The molecule has 0 aliphatic rings. The van der Waals surface area contributed by atoms with Crippen molar-refractivity contribution in [1.82, 2.24) is 4.98 Å². The number of hydrogen-bond donors (Lipinski definition) is 1. The average Bonchev–Trinajstić information content (AvgIpc) is 3.15. The van der Waals surface area contributed by atoms with Gasteiger partial charge in [-0.05, 0) is 36.9 Å². The highest BCUT2D eigenvalue weighted by molar-refractivity contribution is 8.00. The highest BCUT2D eigenvalue weighted by Crippen LogP contribution is 2.40. The molecule has 0 spiro atoms. The number of thioether (sulfide) groups is 1. The van der Waals surface area contributed by atoms with E-state index in [2.05, 4.69) is 4.98 Å². The molecule has 0 saturated carbocycles. The molecule has 0 atom stereocenters. The van der Waals surface area contributed by atoms with Crippen molar-refractivity contribution < 1.29 is 9.90 Å². The second-order valence-electron chi connectivity index (χ2n) is 4.82. The Hall–Kier alpha value is -1.34. The summed E-state index contributed by atoms with van der Waals surface area (Å²) in [4.78, 5) is 16.2. The lowest BCUT2D eigenvalue weighted by molar-refractivity contribution is 0.0702. The van der Waals surface area contributed by atoms with Gasteiger partial charge in [-0.15, -0.1) is 34.4 Å². The summed E-state index contributed by atoms with van der Waals surface area (Å²) >= 11 is 10.4. The molecule has 2 aromatic heterocycles. The fourth-order valence-corrected chi connectivity index (χ4v) is 4.92. The topological polar surface area (TPSA) is 50.2 Å². The largest absolute Gasteiger partial charge is 0.477 e. The number of aromatic carboxylic acids is 1. The molecule has 0 aliphatic carbocycles. The van der Waals surface area contributed by atoms with E-state index in [1.165, 1.54) is 22.7 Å². The minimum absolute atomic E-state index is 0.337. The highest BCUT2D eigenvalue weighted by Gasteiger charge is 2.17. The van der Waals surface area contributed by atoms with Gasteiger partial charge in [0, 0.05) is 21.5 Å². The first-order chi connectivity index (χ1) is 11.0. The lowest BCUT2D eigenvalue weighted by Gasteiger charge is -2.01. The van der Waals surface area contributed by atoms with Gasteiger partial charge in [0.15, 0.2) is 0 Å². The second-order valence-corrected chi connectivity index (χ2v) is 8.22. The minimum Gasteiger partial charge on any atom is -0.477 e. The van der Waals surface area contributed by atoms with Crippen LogP contribution in [0.25, 0.3) is 21.8 Å². The van der Waals surface area contributed by atoms with Crippen LogP contribution in [0.15, 0.2) is 33.9 Å². The molecule has 1 N–H and O–H groups in total. The number of carboxylic acids is 1. The van der Waals surface area contributed by atoms with Crippen LogP contribution in [0.1, 0.15) is 15.2 Å². The predicted molar refractivity (Wildman–Crippen MR) is 99.4 cm³/mol. The molecule has 0 fully saturated rings. The van der Waals surface area contributed by atoms with Gasteiger partial charge in [0.2, 0.25) is 0 Å². The van der Waals surface area contributed by atoms with E-state index >= 15 is 0 Å². The average molecular weight is 382 g/mol. The Morgan fingerprint density at radius 2 is 2.13 bits per heavy atom. The van der Waals surface area contributed by atoms with Crippen LogP contribution in [0.3, 0.4) is 0 Å². The van der Waals surface area contributed by atoms with Crippen LogP contribution >= 0.6 is 46.0 Å². The number of hydrogen-bond acceptors (Lipinski definition) is 5. The van der Waals surface area contributed by atoms with E-state index in [1.54, 1.807) is 17.8 Å². The van der Waals surface area contributed by atoms with Gasteiger partial charge in [-0.1, -0.05) is 17.7 Å². The Morgan fingerprint density at radius 3 is 2.78 bits per heavy atom. The maximum absolute atomic E-state index is 11.2. The van der Waals surface area contributed by atoms with Gasteiger partial charge in [-0.2, -0.15) is 0 Å². The van der Waals surface area contributed by atoms with Crippen LogP contribution in [-0.2, 0) is 0 Å². The molecule has 0 saturated heterocycles. The molecule has 2 heterocycles. The quantitative estimate of drug-likeness (QED) is 0.570. The Balaban J connectivity index is 2.01. The number of carboxylic acid groups (broad SMARTS) is 1. The third-order valence-electron chi connectivity index (χ3n) is 3.28. The summed E-state index contributed by atoms with van der Waals surface area (Å²) < 4.78 is 0.968. The molecule has 3 aromatic rings. The van der Waals surface area contributed by atoms with Gasteiger partial charge >= 0.3 is 5.97 Å². The van der Waals surface area contributed by atoms with E-state index in [-0.39, 0.29) is 0 Å². The summed E-state index contributed by atoms with van der Waals surface area (Å²) in [5.74, 6) is -0.901. The number of aryl methyl sites for hydroxylation is 1. The molecular weight excluding hydrogens is 370 g/mol. The third-order valence-corrected chi connectivity index (χ3v) is 6.84. The molecule has 3 rings (SSSR count). The maximum Gasteiger partial charge on any atom is 0.345 e. The van der Waals surface area contributed by atoms with E-state index in [9.17, 15) is 9.90 Å². The van der Waals surface area contributed by atoms with Gasteiger partial charge in [0.05, 0.1) is 9.90 Å². The number of carbonyl (C=O) groups is 1. The molecular formula is C16H12ClNO2S3. The summed E-state index contributed by atoms with van der Waals surface area (Å²) in [5.41, 5.74) is 3.78. The van der Waals surface area contributed by atoms with Crippen LogP contribution in [0.4, 0.5) is 0 Å². The fourth-order valence-electron chi connectivity index (χ4n) is 2.11. The van der Waals surface area contributed by atoms with E-state index in [0.29, 0.717) is 4.88 Å². The van der Waals surface area contributed by atoms with Crippen molar-refractivity contribution in [2.75, 3.05) is 6.26 Å². The molecule has 3 nitrogen and oxygen atoms in total. The first-order valence-corrected chi connectivity index (χ1v) is 9.93. The van der Waals surface area contributed by atoms with E-state index in [4.69, 9.17) is 11.6 Å². The highest BCUT2D eigenvalue weighted by atomic mass is 35.5. The summed E-state index contributed by atoms with van der Waals surface area (Å²) in [5, 5.41) is 12.7. The van der Waals surface area contributed by atoms with Crippen LogP contribution < -0.4 is 0 Å². The van der Waals surface area contributed by atoms with Crippen LogP contribution in [0.2, 0.25) is 5.02 Å². The number of thiazole rings is 1. The number of thiophene rings is 1. The molecule has 7 heteroatoms. The molecule has 0 aliphatic heterocycles. The number of rotatable bonds is 4. The Labute approximate surface area is 151 Å². The normalized spacial score (nSPS) is 10.9. The van der Waals surface area contributed by atoms with Gasteiger partial charge in [0.1, 0.15) is 9.88 Å². The van der Waals surface area contributed by atoms with Crippen molar-refractivity contribution >= 4 is 52.0 Å². The van der Waals surface area contributed by atoms with Gasteiger partial charge in [0.25, 0.3) is 0 Å². The van der Waals surface area contributed by atoms with E-state index in [0.717, 1.165) is 36.6 Å². The molecule has 0 amide bonds. The summed E-state index contributed by atoms with van der Waals surface area (Å²) in [6.07, 6.45) is 1.94. The van der Waals surface area contributed by atoms with Crippen molar-refractivity contribution in [2.45, 2.75) is 11.1 Å². The standard InChI is InChI=1S/C16H12ClNO2S3/c1-8-5-9(3-4-11(8)17)12-7-22-14(18-12)10-6-13(15(19)20)23-16(10)21-2/h3-7H,1-2H3,(H,19,20). The zero-order chi connectivity index (χ0) is 16.6. The first-order valence-electron chi connectivity index (χ1n) is 6.63. The van der Waals surface area contributed by atoms with Gasteiger partial charge in [-0.25, -0.2) is 9.78 Å². The lowest BCUT2D eigenvalue weighted by Crippen LogP contribution is -1.89. The van der Waals surface area contributed by atoms with Crippen LogP contribution in [-0.4, -0.2) is 22.3 Å². The smallest absolute Gasteiger partial charge is 0.345 e. The van der Waals surface area contributed by atoms with Crippen molar-refractivity contribution in [3.8, 4) is 21.8 Å². The molecule has 0 bridgehead atoms. The predicted octanol–water partition coefficient (Wildman–Crippen LogP) is 5.92. The zero-order valence-electron chi connectivity index (χ0n) is 12.3. The maximum atomic E-state index is 11.2. The van der Waals surface area contributed by atoms with Crippen molar-refractivity contribution in [1.29, 1.82) is 0 Å². The summed E-state index contributed by atoms with van der Waals surface area (Å²) in [6.45, 7) is 1.96. The molecule has 0 unspecified atom stereocenters. The summed E-state index contributed by atoms with van der Waals surface area (Å²) in [6, 6.07) is 7.52. The number of aromatic nitrogens is 1. The molecule has 0 radical (unpaired) electrons. The SMILES string of the molecule is CSc1sc(C(=O)O)cc1-c1nc(-c2ccc(Cl)c(C)c2)cs1. The monoisotopic (exact) mass is 381 g/mol. The van der Waals surface area contributed by atoms with Gasteiger partial charge < -0.3 is 5.11 Å². The molecule has 118 valence electrons. The number of halogens is 1. The van der Waals surface area contributed by atoms with Crippen molar-refractivity contribution in [2.24, 2.45) is 0 Å². The second kappa shape index (κ2) is 6.65. The minimum atomic E-state index is -0.901. The van der Waals surface area contributed by atoms with E-state index < -0.39 is 5.97 Å². The molecule has 1 aromatic carbocycles. The number of benzene rings is 1. The Morgan fingerprint density at radius 1 is 1.35 bits per heavy atom. The Kier molecular flexibility index (Phi) is 4.77. The van der Waals surface area contributed by atoms with Gasteiger partial charge in [-0.3, -0.25) is 0 Å². The number of nitrogens with zero attached hydrogens (tertiary/aromatic N) is 1. The molecule has 23 heavy (non-hydrogen) atoms. The third kappa shape index (κ3) is 3.30. The Bertz CT molecular complexity index is 885. The van der Waals surface area contributed by atoms with Crippen molar-refractivity contribution in [3.63, 3.8) is 0 Å². The van der Waals surface area contributed by atoms with Crippen LogP contribution in [0.5, 0.6) is 0 Å². The van der Waals surface area contributed by atoms with E-state index in [1.807, 2.05) is 36.8 Å². The zero-order valence-corrected chi connectivity index (χ0v) is 15.5. The first kappa shape index (κ1) is 16.5. The summed E-state index contributed by atoms with van der Waals surface area (Å²) in [7, 11) is 0.